The van der Waals surface area contributed by atoms with Crippen molar-refractivity contribution in [2.24, 2.45) is 0 Å². The van der Waals surface area contributed by atoms with Crippen LogP contribution in [0.15, 0.2) is 30.0 Å². The average Bonchev–Trinajstić information content (AvgIpc) is 2.35. The Morgan fingerprint density at radius 1 is 1.06 bits per heavy atom. The molecule has 0 aliphatic heterocycles. The minimum absolute atomic E-state index is 0.641. The molecule has 0 rings (SSSR count). The number of hydrogen-bond acceptors (Lipinski definition) is 1. The molecule has 0 saturated heterocycles. The van der Waals surface area contributed by atoms with Crippen molar-refractivity contribution in [2.75, 3.05) is 19.1 Å². The van der Waals surface area contributed by atoms with Crippen molar-refractivity contribution < 1.29 is 4.74 Å². The highest BCUT2D eigenvalue weighted by molar-refractivity contribution is 6.17. The lowest BCUT2D eigenvalue weighted by molar-refractivity contribution is 0.167. The molecule has 17 heavy (non-hydrogen) atoms. The maximum absolute atomic E-state index is 5.52. The molecular formula is C15H25ClO. The first-order valence-electron chi connectivity index (χ1n) is 6.60. The quantitative estimate of drug-likeness (QED) is 0.222. The monoisotopic (exact) mass is 256 g/mol. The summed E-state index contributed by atoms with van der Waals surface area (Å²) in [6, 6.07) is 0. The lowest BCUT2D eigenvalue weighted by Crippen LogP contribution is -1.91. The molecule has 0 aromatic carbocycles. The van der Waals surface area contributed by atoms with Crippen LogP contribution in [-0.4, -0.2) is 19.1 Å². The largest absolute Gasteiger partial charge is 0.376 e. The van der Waals surface area contributed by atoms with E-state index in [0.717, 1.165) is 19.4 Å². The van der Waals surface area contributed by atoms with E-state index < -0.39 is 0 Å². The van der Waals surface area contributed by atoms with E-state index in [1.807, 2.05) is 12.2 Å². The zero-order valence-electron chi connectivity index (χ0n) is 11.0. The maximum atomic E-state index is 5.52. The number of alkyl halides is 1. The van der Waals surface area contributed by atoms with Crippen molar-refractivity contribution in [1.82, 2.24) is 0 Å². The first-order valence-corrected chi connectivity index (χ1v) is 7.13. The highest BCUT2D eigenvalue weighted by Crippen LogP contribution is 2.00. The van der Waals surface area contributed by atoms with Gasteiger partial charge >= 0.3 is 0 Å². The Morgan fingerprint density at radius 2 is 1.88 bits per heavy atom. The van der Waals surface area contributed by atoms with Crippen LogP contribution in [0.2, 0.25) is 0 Å². The molecule has 2 heteroatoms. The Bertz CT molecular complexity index is 227. The lowest BCUT2D eigenvalue weighted by Gasteiger charge is -1.96. The molecule has 0 aromatic rings. The minimum atomic E-state index is 0.641. The Morgan fingerprint density at radius 3 is 2.65 bits per heavy atom. The van der Waals surface area contributed by atoms with Gasteiger partial charge in [0.15, 0.2) is 0 Å². The summed E-state index contributed by atoms with van der Waals surface area (Å²) < 4.78 is 5.42. The zero-order chi connectivity index (χ0) is 12.6. The first kappa shape index (κ1) is 16.5. The van der Waals surface area contributed by atoms with Gasteiger partial charge in [0, 0.05) is 5.88 Å². The molecule has 0 aliphatic rings. The van der Waals surface area contributed by atoms with E-state index in [0.29, 0.717) is 12.5 Å². The maximum Gasteiger partial charge on any atom is 0.0721 e. The molecule has 0 heterocycles. The van der Waals surface area contributed by atoms with E-state index in [-0.39, 0.29) is 0 Å². The highest BCUT2D eigenvalue weighted by Gasteiger charge is 1.83. The van der Waals surface area contributed by atoms with Crippen LogP contribution in [0.4, 0.5) is 0 Å². The number of rotatable bonds is 11. The molecule has 0 fully saturated rings. The standard InChI is InChI=1S/C15H25ClO/c1-2-3-4-5-6-8-11-14-17-15-12-9-7-10-13-16/h6-8,12H,2-5,10-11,13-15H2,1H3. The molecule has 98 valence electrons. The second kappa shape index (κ2) is 15.5. The number of unbranched alkanes of at least 4 members (excludes halogenated alkanes) is 3. The van der Waals surface area contributed by atoms with Gasteiger partial charge in [0.2, 0.25) is 0 Å². The van der Waals surface area contributed by atoms with Gasteiger partial charge in [-0.25, -0.2) is 0 Å². The Balaban J connectivity index is 3.20. The molecular weight excluding hydrogens is 232 g/mol. The summed E-state index contributed by atoms with van der Waals surface area (Å²) in [4.78, 5) is 0. The SMILES string of the molecule is CCCCCC=CCCOCC=C=CCCCl. The molecule has 0 N–H and O–H groups in total. The first-order chi connectivity index (χ1) is 8.41. The topological polar surface area (TPSA) is 9.23 Å². The number of ether oxygens (including phenoxy) is 1. The summed E-state index contributed by atoms with van der Waals surface area (Å²) in [6.45, 7) is 3.66. The van der Waals surface area contributed by atoms with E-state index in [4.69, 9.17) is 16.3 Å². The molecule has 0 atom stereocenters. The third-order valence-corrected chi connectivity index (χ3v) is 2.48. The fraction of sp³-hybridized carbons (Fsp3) is 0.667. The summed E-state index contributed by atoms with van der Waals surface area (Å²) in [5, 5.41) is 0. The van der Waals surface area contributed by atoms with E-state index in [1.165, 1.54) is 25.7 Å². The Hall–Kier alpha value is -0.490. The predicted octanol–water partition coefficient (Wildman–Crippen LogP) is 4.87. The van der Waals surface area contributed by atoms with Crippen molar-refractivity contribution in [3.8, 4) is 0 Å². The minimum Gasteiger partial charge on any atom is -0.376 e. The molecule has 0 unspecified atom stereocenters. The molecule has 0 bridgehead atoms. The van der Waals surface area contributed by atoms with Gasteiger partial charge in [-0.05, 0) is 37.8 Å². The van der Waals surface area contributed by atoms with E-state index in [2.05, 4.69) is 24.8 Å². The van der Waals surface area contributed by atoms with Gasteiger partial charge < -0.3 is 4.74 Å². The van der Waals surface area contributed by atoms with Crippen LogP contribution >= 0.6 is 11.6 Å². The zero-order valence-corrected chi connectivity index (χ0v) is 11.7. The number of hydrogen-bond donors (Lipinski definition) is 0. The number of halogens is 1. The van der Waals surface area contributed by atoms with Gasteiger partial charge in [0.05, 0.1) is 13.2 Å². The summed E-state index contributed by atoms with van der Waals surface area (Å²) >= 11 is 5.52. The fourth-order valence-corrected chi connectivity index (χ4v) is 1.42. The Labute approximate surface area is 111 Å². The van der Waals surface area contributed by atoms with E-state index >= 15 is 0 Å². The lowest BCUT2D eigenvalue weighted by atomic mass is 10.2. The molecule has 0 aliphatic carbocycles. The van der Waals surface area contributed by atoms with Gasteiger partial charge in [0.25, 0.3) is 0 Å². The second-order valence-corrected chi connectivity index (χ2v) is 4.26. The summed E-state index contributed by atoms with van der Waals surface area (Å²) in [5.74, 6) is 0.657. The van der Waals surface area contributed by atoms with Crippen LogP contribution in [0.3, 0.4) is 0 Å². The van der Waals surface area contributed by atoms with Crippen molar-refractivity contribution in [1.29, 1.82) is 0 Å². The molecule has 0 aromatic heterocycles. The Kier molecular flexibility index (Phi) is 15.1. The second-order valence-electron chi connectivity index (χ2n) is 3.88. The van der Waals surface area contributed by atoms with Crippen molar-refractivity contribution in [2.45, 2.75) is 45.4 Å². The van der Waals surface area contributed by atoms with E-state index in [9.17, 15) is 0 Å². The molecule has 0 radical (unpaired) electrons. The molecule has 0 spiro atoms. The van der Waals surface area contributed by atoms with Crippen LogP contribution < -0.4 is 0 Å². The van der Waals surface area contributed by atoms with Crippen molar-refractivity contribution in [3.05, 3.63) is 30.0 Å². The third kappa shape index (κ3) is 15.5. The summed E-state index contributed by atoms with van der Waals surface area (Å²) in [5.41, 5.74) is 3.03. The molecule has 1 nitrogen and oxygen atoms in total. The summed E-state index contributed by atoms with van der Waals surface area (Å²) in [6.07, 6.45) is 15.3. The average molecular weight is 257 g/mol. The highest BCUT2D eigenvalue weighted by atomic mass is 35.5. The van der Waals surface area contributed by atoms with Crippen LogP contribution in [-0.2, 0) is 4.74 Å². The molecule has 0 saturated carbocycles. The van der Waals surface area contributed by atoms with Crippen LogP contribution in [0.1, 0.15) is 45.4 Å². The molecule has 0 amide bonds. The third-order valence-electron chi connectivity index (χ3n) is 2.26. The van der Waals surface area contributed by atoms with Crippen molar-refractivity contribution >= 4 is 11.6 Å². The smallest absolute Gasteiger partial charge is 0.0721 e. The fourth-order valence-electron chi connectivity index (χ4n) is 1.31. The van der Waals surface area contributed by atoms with Crippen LogP contribution in [0, 0.1) is 0 Å². The van der Waals surface area contributed by atoms with Crippen LogP contribution in [0.25, 0.3) is 0 Å². The predicted molar refractivity (Wildman–Crippen MR) is 76.7 cm³/mol. The normalized spacial score (nSPS) is 10.5. The van der Waals surface area contributed by atoms with Gasteiger partial charge in [-0.15, -0.1) is 17.3 Å². The van der Waals surface area contributed by atoms with Gasteiger partial charge in [-0.2, -0.15) is 0 Å². The van der Waals surface area contributed by atoms with Gasteiger partial charge in [-0.3, -0.25) is 0 Å². The van der Waals surface area contributed by atoms with Crippen molar-refractivity contribution in [3.63, 3.8) is 0 Å². The van der Waals surface area contributed by atoms with Gasteiger partial charge in [0.1, 0.15) is 0 Å². The number of allylic oxidation sites excluding steroid dienone is 1. The van der Waals surface area contributed by atoms with E-state index in [1.54, 1.807) is 0 Å². The summed E-state index contributed by atoms with van der Waals surface area (Å²) in [7, 11) is 0. The van der Waals surface area contributed by atoms with Crippen LogP contribution in [0.5, 0.6) is 0 Å². The van der Waals surface area contributed by atoms with Gasteiger partial charge in [-0.1, -0.05) is 31.9 Å².